The van der Waals surface area contributed by atoms with Gasteiger partial charge in [0.2, 0.25) is 17.7 Å². The van der Waals surface area contributed by atoms with Crippen LogP contribution in [0.2, 0.25) is 0 Å². The number of hydrogen-bond acceptors (Lipinski definition) is 3. The molecule has 1 saturated heterocycles. The van der Waals surface area contributed by atoms with Crippen molar-refractivity contribution in [3.63, 3.8) is 0 Å². The Hall–Kier alpha value is -2.43. The SMILES string of the molecule is CNC(=O)CC(c1ccccc1C)N1C(=O)C2C3C=CC(C3)C2C1=O. The number of hydrogen-bond donors (Lipinski definition) is 1. The molecule has 5 unspecified atom stereocenters. The number of allylic oxidation sites excluding steroid dienone is 2. The van der Waals surface area contributed by atoms with Gasteiger partial charge in [-0.3, -0.25) is 19.3 Å². The first-order chi connectivity index (χ1) is 12.0. The standard InChI is InChI=1S/C20H22N2O3/c1-11-5-3-4-6-14(11)15(10-16(23)21-2)22-19(24)17-12-7-8-13(9-12)18(17)20(22)25/h3-8,12-13,15,17-18H,9-10H2,1-2H3,(H,21,23). The maximum Gasteiger partial charge on any atom is 0.234 e. The normalized spacial score (nSPS) is 30.7. The van der Waals surface area contributed by atoms with Gasteiger partial charge in [-0.05, 0) is 36.3 Å². The maximum atomic E-state index is 13.1. The second kappa shape index (κ2) is 5.83. The number of fused-ring (bicyclic) bond motifs is 5. The summed E-state index contributed by atoms with van der Waals surface area (Å²) in [7, 11) is 1.57. The molecule has 1 aromatic carbocycles. The lowest BCUT2D eigenvalue weighted by Crippen LogP contribution is -2.39. The minimum Gasteiger partial charge on any atom is -0.359 e. The molecule has 1 N–H and O–H groups in total. The number of likely N-dealkylation sites (tertiary alicyclic amines) is 1. The molecular formula is C20H22N2O3. The quantitative estimate of drug-likeness (QED) is 0.674. The fourth-order valence-corrected chi connectivity index (χ4v) is 4.81. The first-order valence-corrected chi connectivity index (χ1v) is 8.84. The van der Waals surface area contributed by atoms with Gasteiger partial charge in [0.05, 0.1) is 24.3 Å². The molecule has 5 heteroatoms. The Morgan fingerprint density at radius 3 is 2.32 bits per heavy atom. The summed E-state index contributed by atoms with van der Waals surface area (Å²) >= 11 is 0. The van der Waals surface area contributed by atoms with Gasteiger partial charge in [0.1, 0.15) is 0 Å². The summed E-state index contributed by atoms with van der Waals surface area (Å²) in [5, 5.41) is 2.62. The van der Waals surface area contributed by atoms with Gasteiger partial charge < -0.3 is 5.32 Å². The van der Waals surface area contributed by atoms with Crippen LogP contribution in [0.25, 0.3) is 0 Å². The summed E-state index contributed by atoms with van der Waals surface area (Å²) < 4.78 is 0. The fraction of sp³-hybridized carbons (Fsp3) is 0.450. The van der Waals surface area contributed by atoms with Crippen LogP contribution < -0.4 is 5.32 Å². The smallest absolute Gasteiger partial charge is 0.234 e. The highest BCUT2D eigenvalue weighted by molar-refractivity contribution is 6.07. The third-order valence-electron chi connectivity index (χ3n) is 6.02. The Morgan fingerprint density at radius 2 is 1.76 bits per heavy atom. The number of carbonyl (C=O) groups excluding carboxylic acids is 3. The lowest BCUT2D eigenvalue weighted by Gasteiger charge is -2.29. The van der Waals surface area contributed by atoms with E-state index in [0.29, 0.717) is 0 Å². The molecule has 4 rings (SSSR count). The molecule has 3 amide bonds. The first-order valence-electron chi connectivity index (χ1n) is 8.84. The van der Waals surface area contributed by atoms with Crippen LogP contribution in [0.15, 0.2) is 36.4 Å². The third kappa shape index (κ3) is 2.33. The number of nitrogens with one attached hydrogen (secondary N) is 1. The molecule has 130 valence electrons. The summed E-state index contributed by atoms with van der Waals surface area (Å²) in [6.45, 7) is 1.95. The molecule has 25 heavy (non-hydrogen) atoms. The van der Waals surface area contributed by atoms with E-state index in [1.54, 1.807) is 7.05 Å². The monoisotopic (exact) mass is 338 g/mol. The summed E-state index contributed by atoms with van der Waals surface area (Å²) in [4.78, 5) is 39.7. The van der Waals surface area contributed by atoms with Crippen LogP contribution in [0.1, 0.15) is 30.0 Å². The molecule has 1 heterocycles. The third-order valence-corrected chi connectivity index (χ3v) is 6.02. The van der Waals surface area contributed by atoms with Crippen LogP contribution in [-0.4, -0.2) is 29.7 Å². The molecular weight excluding hydrogens is 316 g/mol. The minimum atomic E-state index is -0.536. The molecule has 5 nitrogen and oxygen atoms in total. The fourth-order valence-electron chi connectivity index (χ4n) is 4.81. The largest absolute Gasteiger partial charge is 0.359 e. The Labute approximate surface area is 147 Å². The molecule has 0 radical (unpaired) electrons. The number of benzene rings is 1. The molecule has 0 aromatic heterocycles. The minimum absolute atomic E-state index is 0.0982. The second-order valence-electron chi connectivity index (χ2n) is 7.30. The Bertz CT molecular complexity index is 755. The van der Waals surface area contributed by atoms with Crippen molar-refractivity contribution in [2.75, 3.05) is 7.05 Å². The van der Waals surface area contributed by atoms with Crippen LogP contribution in [0.5, 0.6) is 0 Å². The van der Waals surface area contributed by atoms with E-state index in [-0.39, 0.29) is 47.8 Å². The molecule has 2 bridgehead atoms. The topological polar surface area (TPSA) is 66.5 Å². The zero-order chi connectivity index (χ0) is 17.7. The van der Waals surface area contributed by atoms with Gasteiger partial charge in [0.25, 0.3) is 0 Å². The van der Waals surface area contributed by atoms with Crippen molar-refractivity contribution in [1.29, 1.82) is 0 Å². The first kappa shape index (κ1) is 16.1. The molecule has 0 spiro atoms. The van der Waals surface area contributed by atoms with Crippen LogP contribution in [0.4, 0.5) is 0 Å². The molecule has 1 aliphatic heterocycles. The van der Waals surface area contributed by atoms with E-state index in [9.17, 15) is 14.4 Å². The van der Waals surface area contributed by atoms with Crippen molar-refractivity contribution < 1.29 is 14.4 Å². The molecule has 3 aliphatic rings. The second-order valence-corrected chi connectivity index (χ2v) is 7.30. The summed E-state index contributed by atoms with van der Waals surface area (Å²) in [5.41, 5.74) is 1.85. The Balaban J connectivity index is 1.73. The zero-order valence-corrected chi connectivity index (χ0v) is 14.4. The van der Waals surface area contributed by atoms with Gasteiger partial charge in [-0.15, -0.1) is 0 Å². The van der Waals surface area contributed by atoms with E-state index in [1.165, 1.54) is 4.90 Å². The van der Waals surface area contributed by atoms with Crippen molar-refractivity contribution in [2.45, 2.75) is 25.8 Å². The van der Waals surface area contributed by atoms with E-state index < -0.39 is 6.04 Å². The number of imide groups is 1. The number of rotatable bonds is 4. The van der Waals surface area contributed by atoms with Gasteiger partial charge in [0.15, 0.2) is 0 Å². The predicted molar refractivity (Wildman–Crippen MR) is 92.2 cm³/mol. The number of amides is 3. The lowest BCUT2D eigenvalue weighted by molar-refractivity contribution is -0.144. The van der Waals surface area contributed by atoms with Crippen molar-refractivity contribution in [1.82, 2.24) is 10.2 Å². The highest BCUT2D eigenvalue weighted by Crippen LogP contribution is 2.54. The lowest BCUT2D eigenvalue weighted by atomic mass is 9.85. The molecule has 1 aromatic rings. The van der Waals surface area contributed by atoms with Crippen molar-refractivity contribution >= 4 is 17.7 Å². The van der Waals surface area contributed by atoms with Crippen molar-refractivity contribution in [3.05, 3.63) is 47.5 Å². The van der Waals surface area contributed by atoms with Gasteiger partial charge in [-0.2, -0.15) is 0 Å². The van der Waals surface area contributed by atoms with E-state index in [2.05, 4.69) is 17.5 Å². The maximum absolute atomic E-state index is 13.1. The summed E-state index contributed by atoms with van der Waals surface area (Å²) in [6.07, 6.45) is 5.18. The molecule has 2 aliphatic carbocycles. The summed E-state index contributed by atoms with van der Waals surface area (Å²) in [6, 6.07) is 7.12. The van der Waals surface area contributed by atoms with E-state index in [1.807, 2.05) is 31.2 Å². The molecule has 2 fully saturated rings. The Morgan fingerprint density at radius 1 is 1.16 bits per heavy atom. The van der Waals surface area contributed by atoms with Gasteiger partial charge in [-0.1, -0.05) is 36.4 Å². The van der Waals surface area contributed by atoms with Gasteiger partial charge >= 0.3 is 0 Å². The van der Waals surface area contributed by atoms with Crippen LogP contribution in [0.3, 0.4) is 0 Å². The summed E-state index contributed by atoms with van der Waals surface area (Å²) in [5.74, 6) is -0.514. The zero-order valence-electron chi connectivity index (χ0n) is 14.4. The average molecular weight is 338 g/mol. The van der Waals surface area contributed by atoms with E-state index >= 15 is 0 Å². The number of carbonyl (C=O) groups is 3. The highest BCUT2D eigenvalue weighted by atomic mass is 16.2. The highest BCUT2D eigenvalue weighted by Gasteiger charge is 2.60. The van der Waals surface area contributed by atoms with E-state index in [4.69, 9.17) is 0 Å². The molecule has 5 atom stereocenters. The predicted octanol–water partition coefficient (Wildman–Crippen LogP) is 1.98. The van der Waals surface area contributed by atoms with Crippen LogP contribution in [-0.2, 0) is 14.4 Å². The van der Waals surface area contributed by atoms with Crippen LogP contribution in [0, 0.1) is 30.6 Å². The average Bonchev–Trinajstić information content (AvgIpc) is 3.28. The van der Waals surface area contributed by atoms with Gasteiger partial charge in [0, 0.05) is 7.05 Å². The van der Waals surface area contributed by atoms with Crippen LogP contribution >= 0.6 is 0 Å². The number of aryl methyl sites for hydroxylation is 1. The number of nitrogens with zero attached hydrogens (tertiary/aromatic N) is 1. The van der Waals surface area contributed by atoms with Crippen molar-refractivity contribution in [2.24, 2.45) is 23.7 Å². The molecule has 1 saturated carbocycles. The van der Waals surface area contributed by atoms with Gasteiger partial charge in [-0.25, -0.2) is 0 Å². The van der Waals surface area contributed by atoms with Crippen molar-refractivity contribution in [3.8, 4) is 0 Å². The Kier molecular flexibility index (Phi) is 3.74. The van der Waals surface area contributed by atoms with E-state index in [0.717, 1.165) is 17.5 Å².